The van der Waals surface area contributed by atoms with Gasteiger partial charge in [0.05, 0.1) is 6.61 Å². The normalized spacial score (nSPS) is 23.6. The van der Waals surface area contributed by atoms with Crippen LogP contribution in [0.5, 0.6) is 0 Å². The molecule has 1 heterocycles. The van der Waals surface area contributed by atoms with Crippen molar-refractivity contribution in [2.75, 3.05) is 39.3 Å². The Morgan fingerprint density at radius 1 is 1.36 bits per heavy atom. The monoisotopic (exact) mass is 200 g/mol. The third-order valence-corrected chi connectivity index (χ3v) is 3.31. The minimum Gasteiger partial charge on any atom is -0.395 e. The van der Waals surface area contributed by atoms with Crippen molar-refractivity contribution in [3.05, 3.63) is 0 Å². The molecule has 0 aromatic rings. The Hall–Kier alpha value is -0.120. The van der Waals surface area contributed by atoms with Gasteiger partial charge in [0.25, 0.3) is 0 Å². The van der Waals surface area contributed by atoms with Crippen molar-refractivity contribution < 1.29 is 5.11 Å². The Labute approximate surface area is 87.7 Å². The van der Waals surface area contributed by atoms with Gasteiger partial charge in [-0.15, -0.1) is 0 Å². The van der Waals surface area contributed by atoms with E-state index in [-0.39, 0.29) is 0 Å². The van der Waals surface area contributed by atoms with Crippen LogP contribution in [0.15, 0.2) is 0 Å². The minimum absolute atomic E-state index is 0.332. The third-order valence-electron chi connectivity index (χ3n) is 3.31. The van der Waals surface area contributed by atoms with E-state index in [1.54, 1.807) is 0 Å². The highest BCUT2D eigenvalue weighted by molar-refractivity contribution is 4.78. The molecule has 0 aromatic heterocycles. The van der Waals surface area contributed by atoms with Crippen molar-refractivity contribution in [1.29, 1.82) is 0 Å². The van der Waals surface area contributed by atoms with Gasteiger partial charge in [0.1, 0.15) is 0 Å². The first kappa shape index (κ1) is 12.0. The van der Waals surface area contributed by atoms with Crippen molar-refractivity contribution in [2.24, 2.45) is 0 Å². The number of hydrogen-bond acceptors (Lipinski definition) is 3. The predicted octanol–water partition coefficient (Wildman–Crippen LogP) is 0.785. The number of aliphatic hydroxyl groups excluding tert-OH is 1. The predicted molar refractivity (Wildman–Crippen MR) is 59.5 cm³/mol. The zero-order valence-electron chi connectivity index (χ0n) is 9.58. The summed E-state index contributed by atoms with van der Waals surface area (Å²) in [6.45, 7) is 10.4. The van der Waals surface area contributed by atoms with Crippen molar-refractivity contribution >= 4 is 0 Å². The van der Waals surface area contributed by atoms with Crippen LogP contribution in [0.1, 0.15) is 26.7 Å². The molecule has 14 heavy (non-hydrogen) atoms. The van der Waals surface area contributed by atoms with Gasteiger partial charge in [-0.2, -0.15) is 0 Å². The van der Waals surface area contributed by atoms with Crippen LogP contribution in [0.4, 0.5) is 0 Å². The molecule has 0 radical (unpaired) electrons. The Morgan fingerprint density at radius 3 is 2.64 bits per heavy atom. The van der Waals surface area contributed by atoms with Gasteiger partial charge in [0, 0.05) is 19.1 Å². The van der Waals surface area contributed by atoms with Gasteiger partial charge >= 0.3 is 0 Å². The number of likely N-dealkylation sites (N-methyl/N-ethyl adjacent to an activating group) is 1. The van der Waals surface area contributed by atoms with Crippen molar-refractivity contribution in [1.82, 2.24) is 9.80 Å². The highest BCUT2D eigenvalue weighted by Crippen LogP contribution is 2.15. The van der Waals surface area contributed by atoms with Crippen LogP contribution in [0.25, 0.3) is 0 Å². The fraction of sp³-hybridized carbons (Fsp3) is 1.00. The fourth-order valence-electron chi connectivity index (χ4n) is 2.21. The summed E-state index contributed by atoms with van der Waals surface area (Å²) >= 11 is 0. The molecule has 1 fully saturated rings. The first-order chi connectivity index (χ1) is 6.81. The summed E-state index contributed by atoms with van der Waals surface area (Å²) in [7, 11) is 0. The van der Waals surface area contributed by atoms with Gasteiger partial charge in [0.2, 0.25) is 0 Å². The third kappa shape index (κ3) is 3.23. The molecule has 1 N–H and O–H groups in total. The molecule has 3 nitrogen and oxygen atoms in total. The topological polar surface area (TPSA) is 26.7 Å². The molecule has 84 valence electrons. The van der Waals surface area contributed by atoms with Gasteiger partial charge < -0.3 is 10.0 Å². The zero-order chi connectivity index (χ0) is 10.4. The van der Waals surface area contributed by atoms with Crippen LogP contribution in [0.3, 0.4) is 0 Å². The molecular formula is C11H24N2O. The van der Waals surface area contributed by atoms with Gasteiger partial charge in [-0.25, -0.2) is 0 Å². The molecule has 1 atom stereocenters. The lowest BCUT2D eigenvalue weighted by Crippen LogP contribution is -2.39. The maximum Gasteiger partial charge on any atom is 0.0586 e. The first-order valence-electron chi connectivity index (χ1n) is 5.89. The number of hydrogen-bond donors (Lipinski definition) is 1. The largest absolute Gasteiger partial charge is 0.395 e. The van der Waals surface area contributed by atoms with Gasteiger partial charge in [-0.3, -0.25) is 4.90 Å². The van der Waals surface area contributed by atoms with Crippen molar-refractivity contribution in [2.45, 2.75) is 32.7 Å². The lowest BCUT2D eigenvalue weighted by Gasteiger charge is -2.26. The maximum absolute atomic E-state index is 9.16. The summed E-state index contributed by atoms with van der Waals surface area (Å²) in [5.41, 5.74) is 0. The van der Waals surface area contributed by atoms with Crippen LogP contribution in [-0.4, -0.2) is 60.3 Å². The fourth-order valence-corrected chi connectivity index (χ4v) is 2.21. The average Bonchev–Trinajstić information content (AvgIpc) is 2.67. The highest BCUT2D eigenvalue weighted by Gasteiger charge is 2.23. The molecule has 1 unspecified atom stereocenters. The average molecular weight is 200 g/mol. The Kier molecular flexibility index (Phi) is 5.45. The quantitative estimate of drug-likeness (QED) is 0.686. The molecule has 0 aromatic carbocycles. The summed E-state index contributed by atoms with van der Waals surface area (Å²) < 4.78 is 0. The molecule has 1 aliphatic rings. The Bertz CT molecular complexity index is 148. The van der Waals surface area contributed by atoms with Gasteiger partial charge in [-0.1, -0.05) is 13.8 Å². The zero-order valence-corrected chi connectivity index (χ0v) is 9.58. The number of rotatable bonds is 6. The van der Waals surface area contributed by atoms with E-state index in [1.165, 1.54) is 19.4 Å². The lowest BCUT2D eigenvalue weighted by molar-refractivity contribution is 0.143. The van der Waals surface area contributed by atoms with E-state index in [2.05, 4.69) is 23.6 Å². The summed E-state index contributed by atoms with van der Waals surface area (Å²) in [6.07, 6.45) is 2.43. The summed E-state index contributed by atoms with van der Waals surface area (Å²) in [6, 6.07) is 0.436. The standard InChI is InChI=1S/C11H24N2O/c1-3-12(4-2)8-9-13-7-5-6-11(13)10-14/h11,14H,3-10H2,1-2H3. The molecule has 0 amide bonds. The second-order valence-electron chi connectivity index (χ2n) is 4.04. The van der Waals surface area contributed by atoms with E-state index in [0.717, 1.165) is 26.2 Å². The first-order valence-corrected chi connectivity index (χ1v) is 5.89. The lowest BCUT2D eigenvalue weighted by atomic mass is 10.2. The van der Waals surface area contributed by atoms with Crippen molar-refractivity contribution in [3.63, 3.8) is 0 Å². The van der Waals surface area contributed by atoms with E-state index in [4.69, 9.17) is 5.11 Å². The van der Waals surface area contributed by atoms with Crippen LogP contribution < -0.4 is 0 Å². The molecule has 0 spiro atoms. The SMILES string of the molecule is CCN(CC)CCN1CCCC1CO. The molecule has 1 rings (SSSR count). The number of likely N-dealkylation sites (tertiary alicyclic amines) is 1. The molecule has 0 aliphatic carbocycles. The maximum atomic E-state index is 9.16. The molecule has 3 heteroatoms. The number of aliphatic hydroxyl groups is 1. The van der Waals surface area contributed by atoms with Crippen LogP contribution in [0.2, 0.25) is 0 Å². The second-order valence-corrected chi connectivity index (χ2v) is 4.04. The highest BCUT2D eigenvalue weighted by atomic mass is 16.3. The Balaban J connectivity index is 2.22. The Morgan fingerprint density at radius 2 is 2.07 bits per heavy atom. The van der Waals surface area contributed by atoms with Crippen LogP contribution in [-0.2, 0) is 0 Å². The summed E-state index contributed by atoms with van der Waals surface area (Å²) in [4.78, 5) is 4.87. The molecule has 1 aliphatic heterocycles. The molecular weight excluding hydrogens is 176 g/mol. The molecule has 0 bridgehead atoms. The van der Waals surface area contributed by atoms with Crippen LogP contribution >= 0.6 is 0 Å². The van der Waals surface area contributed by atoms with E-state index in [0.29, 0.717) is 12.6 Å². The molecule has 1 saturated heterocycles. The van der Waals surface area contributed by atoms with E-state index < -0.39 is 0 Å². The van der Waals surface area contributed by atoms with Gasteiger partial charge in [-0.05, 0) is 32.5 Å². The van der Waals surface area contributed by atoms with E-state index in [9.17, 15) is 0 Å². The smallest absolute Gasteiger partial charge is 0.0586 e. The summed E-state index contributed by atoms with van der Waals surface area (Å²) in [5, 5.41) is 9.16. The van der Waals surface area contributed by atoms with Crippen molar-refractivity contribution in [3.8, 4) is 0 Å². The number of nitrogens with zero attached hydrogens (tertiary/aromatic N) is 2. The van der Waals surface area contributed by atoms with Crippen LogP contribution in [0, 0.1) is 0 Å². The summed E-state index contributed by atoms with van der Waals surface area (Å²) in [5.74, 6) is 0. The van der Waals surface area contributed by atoms with Gasteiger partial charge in [0.15, 0.2) is 0 Å². The minimum atomic E-state index is 0.332. The molecule has 0 saturated carbocycles. The van der Waals surface area contributed by atoms with E-state index >= 15 is 0 Å². The van der Waals surface area contributed by atoms with E-state index in [1.807, 2.05) is 0 Å². The second kappa shape index (κ2) is 6.38.